The first kappa shape index (κ1) is 10.9. The SMILES string of the molecule is CC(N)c1ccc(OC2COC2)c(Br)c1. The Morgan fingerprint density at radius 2 is 2.27 bits per heavy atom. The average Bonchev–Trinajstić information content (AvgIpc) is 2.12. The molecule has 2 rings (SSSR count). The molecule has 0 saturated carbocycles. The molecule has 0 bridgehead atoms. The molecule has 1 saturated heterocycles. The molecule has 0 amide bonds. The molecule has 3 nitrogen and oxygen atoms in total. The molecule has 1 atom stereocenters. The number of ether oxygens (including phenoxy) is 2. The predicted molar refractivity (Wildman–Crippen MR) is 62.0 cm³/mol. The van der Waals surface area contributed by atoms with Crippen LogP contribution in [-0.2, 0) is 4.74 Å². The largest absolute Gasteiger partial charge is 0.484 e. The Labute approximate surface area is 97.7 Å². The first-order valence-corrected chi connectivity index (χ1v) is 5.75. The van der Waals surface area contributed by atoms with Crippen molar-refractivity contribution in [3.05, 3.63) is 28.2 Å². The van der Waals surface area contributed by atoms with Crippen LogP contribution in [0.4, 0.5) is 0 Å². The van der Waals surface area contributed by atoms with Crippen LogP contribution in [0.15, 0.2) is 22.7 Å². The van der Waals surface area contributed by atoms with Crippen LogP contribution in [0.2, 0.25) is 0 Å². The fraction of sp³-hybridized carbons (Fsp3) is 0.455. The highest BCUT2D eigenvalue weighted by Crippen LogP contribution is 2.29. The zero-order valence-corrected chi connectivity index (χ0v) is 10.2. The van der Waals surface area contributed by atoms with Crippen molar-refractivity contribution in [3.63, 3.8) is 0 Å². The van der Waals surface area contributed by atoms with Gasteiger partial charge in [0.2, 0.25) is 0 Å². The molecular formula is C11H14BrNO2. The number of nitrogens with two attached hydrogens (primary N) is 1. The maximum atomic E-state index is 5.79. The Morgan fingerprint density at radius 1 is 1.53 bits per heavy atom. The lowest BCUT2D eigenvalue weighted by atomic mass is 10.1. The molecule has 0 radical (unpaired) electrons. The fourth-order valence-electron chi connectivity index (χ4n) is 1.36. The summed E-state index contributed by atoms with van der Waals surface area (Å²) in [7, 11) is 0. The normalized spacial score (nSPS) is 18.3. The van der Waals surface area contributed by atoms with Crippen molar-refractivity contribution in [2.24, 2.45) is 5.73 Å². The highest BCUT2D eigenvalue weighted by Gasteiger charge is 2.21. The van der Waals surface area contributed by atoms with E-state index in [1.807, 2.05) is 25.1 Å². The van der Waals surface area contributed by atoms with Crippen LogP contribution in [0.25, 0.3) is 0 Å². The van der Waals surface area contributed by atoms with Gasteiger partial charge < -0.3 is 15.2 Å². The van der Waals surface area contributed by atoms with Crippen LogP contribution in [0.1, 0.15) is 18.5 Å². The van der Waals surface area contributed by atoms with E-state index in [1.165, 1.54) is 0 Å². The van der Waals surface area contributed by atoms with E-state index in [9.17, 15) is 0 Å². The van der Waals surface area contributed by atoms with Gasteiger partial charge in [0, 0.05) is 6.04 Å². The first-order valence-electron chi connectivity index (χ1n) is 4.96. The molecule has 15 heavy (non-hydrogen) atoms. The molecule has 0 aromatic heterocycles. The Bertz CT molecular complexity index is 350. The van der Waals surface area contributed by atoms with Crippen LogP contribution in [0.5, 0.6) is 5.75 Å². The van der Waals surface area contributed by atoms with Gasteiger partial charge in [-0.1, -0.05) is 6.07 Å². The molecule has 1 aromatic carbocycles. The lowest BCUT2D eigenvalue weighted by molar-refractivity contribution is -0.0799. The Kier molecular flexibility index (Phi) is 3.29. The zero-order chi connectivity index (χ0) is 10.8. The van der Waals surface area contributed by atoms with Gasteiger partial charge in [0.05, 0.1) is 17.7 Å². The van der Waals surface area contributed by atoms with Gasteiger partial charge in [-0.25, -0.2) is 0 Å². The van der Waals surface area contributed by atoms with Gasteiger partial charge in [-0.05, 0) is 40.5 Å². The minimum Gasteiger partial charge on any atom is -0.484 e. The third kappa shape index (κ3) is 2.51. The van der Waals surface area contributed by atoms with Crippen molar-refractivity contribution in [2.45, 2.75) is 19.1 Å². The van der Waals surface area contributed by atoms with E-state index in [2.05, 4.69) is 15.9 Å². The Balaban J connectivity index is 2.11. The second-order valence-corrected chi connectivity index (χ2v) is 4.61. The van der Waals surface area contributed by atoms with Gasteiger partial charge in [-0.2, -0.15) is 0 Å². The topological polar surface area (TPSA) is 44.5 Å². The summed E-state index contributed by atoms with van der Waals surface area (Å²) in [5.41, 5.74) is 6.89. The van der Waals surface area contributed by atoms with Crippen molar-refractivity contribution in [1.82, 2.24) is 0 Å². The van der Waals surface area contributed by atoms with Gasteiger partial charge in [-0.15, -0.1) is 0 Å². The molecule has 0 spiro atoms. The van der Waals surface area contributed by atoms with E-state index in [4.69, 9.17) is 15.2 Å². The lowest BCUT2D eigenvalue weighted by Crippen LogP contribution is -2.38. The van der Waals surface area contributed by atoms with Crippen LogP contribution < -0.4 is 10.5 Å². The molecule has 82 valence electrons. The number of hydrogen-bond acceptors (Lipinski definition) is 3. The third-order valence-corrected chi connectivity index (χ3v) is 3.00. The summed E-state index contributed by atoms with van der Waals surface area (Å²) in [5.74, 6) is 0.854. The van der Waals surface area contributed by atoms with Gasteiger partial charge in [0.15, 0.2) is 0 Å². The molecule has 1 unspecified atom stereocenters. The second-order valence-electron chi connectivity index (χ2n) is 3.76. The monoisotopic (exact) mass is 271 g/mol. The van der Waals surface area contributed by atoms with E-state index in [-0.39, 0.29) is 12.1 Å². The molecule has 2 N–H and O–H groups in total. The molecule has 1 aliphatic rings. The molecule has 1 aliphatic heterocycles. The number of rotatable bonds is 3. The number of benzene rings is 1. The lowest BCUT2D eigenvalue weighted by Gasteiger charge is -2.27. The van der Waals surface area contributed by atoms with Gasteiger partial charge in [0.1, 0.15) is 11.9 Å². The first-order chi connectivity index (χ1) is 7.16. The van der Waals surface area contributed by atoms with Crippen LogP contribution in [0, 0.1) is 0 Å². The summed E-state index contributed by atoms with van der Waals surface area (Å²) >= 11 is 3.48. The molecular weight excluding hydrogens is 258 g/mol. The van der Waals surface area contributed by atoms with E-state index < -0.39 is 0 Å². The standard InChI is InChI=1S/C11H14BrNO2/c1-7(13)8-2-3-11(10(12)4-8)15-9-5-14-6-9/h2-4,7,9H,5-6,13H2,1H3. The van der Waals surface area contributed by atoms with E-state index >= 15 is 0 Å². The van der Waals surface area contributed by atoms with Crippen molar-refractivity contribution in [1.29, 1.82) is 0 Å². The van der Waals surface area contributed by atoms with Crippen molar-refractivity contribution >= 4 is 15.9 Å². The van der Waals surface area contributed by atoms with Crippen molar-refractivity contribution < 1.29 is 9.47 Å². The maximum Gasteiger partial charge on any atom is 0.145 e. The molecule has 1 fully saturated rings. The molecule has 1 heterocycles. The fourth-order valence-corrected chi connectivity index (χ4v) is 1.85. The Hall–Kier alpha value is -0.580. The Morgan fingerprint density at radius 3 is 2.73 bits per heavy atom. The summed E-state index contributed by atoms with van der Waals surface area (Å²) in [6, 6.07) is 5.98. The highest BCUT2D eigenvalue weighted by molar-refractivity contribution is 9.10. The smallest absolute Gasteiger partial charge is 0.145 e. The third-order valence-electron chi connectivity index (χ3n) is 2.38. The summed E-state index contributed by atoms with van der Waals surface area (Å²) in [5, 5.41) is 0. The zero-order valence-electron chi connectivity index (χ0n) is 8.57. The van der Waals surface area contributed by atoms with E-state index in [0.717, 1.165) is 15.8 Å². The van der Waals surface area contributed by atoms with Crippen LogP contribution in [0.3, 0.4) is 0 Å². The second kappa shape index (κ2) is 4.51. The van der Waals surface area contributed by atoms with E-state index in [1.54, 1.807) is 0 Å². The average molecular weight is 272 g/mol. The number of halogens is 1. The predicted octanol–water partition coefficient (Wildman–Crippen LogP) is 2.25. The highest BCUT2D eigenvalue weighted by atomic mass is 79.9. The van der Waals surface area contributed by atoms with Gasteiger partial charge in [-0.3, -0.25) is 0 Å². The summed E-state index contributed by atoms with van der Waals surface area (Å²) in [6.45, 7) is 3.32. The minimum atomic E-state index is 0.0439. The minimum absolute atomic E-state index is 0.0439. The molecule has 4 heteroatoms. The van der Waals surface area contributed by atoms with Crippen LogP contribution >= 0.6 is 15.9 Å². The van der Waals surface area contributed by atoms with Gasteiger partial charge in [0.25, 0.3) is 0 Å². The quantitative estimate of drug-likeness (QED) is 0.917. The van der Waals surface area contributed by atoms with Gasteiger partial charge >= 0.3 is 0 Å². The van der Waals surface area contributed by atoms with Crippen LogP contribution in [-0.4, -0.2) is 19.3 Å². The summed E-state index contributed by atoms with van der Waals surface area (Å²) < 4.78 is 11.7. The summed E-state index contributed by atoms with van der Waals surface area (Å²) in [4.78, 5) is 0. The number of hydrogen-bond donors (Lipinski definition) is 1. The maximum absolute atomic E-state index is 5.79. The van der Waals surface area contributed by atoms with E-state index in [0.29, 0.717) is 13.2 Å². The summed E-state index contributed by atoms with van der Waals surface area (Å²) in [6.07, 6.45) is 0.197. The molecule has 0 aliphatic carbocycles. The molecule has 1 aromatic rings. The van der Waals surface area contributed by atoms with Crippen molar-refractivity contribution in [3.8, 4) is 5.75 Å². The van der Waals surface area contributed by atoms with Crippen molar-refractivity contribution in [2.75, 3.05) is 13.2 Å².